The first-order chi connectivity index (χ1) is 7.77. The van der Waals surface area contributed by atoms with E-state index in [1.807, 2.05) is 37.5 Å². The SMILES string of the molecule is Cc1nccn1CCNc1ccccc1Br. The number of halogens is 1. The second-order valence-electron chi connectivity index (χ2n) is 3.57. The number of benzene rings is 1. The number of nitrogens with zero attached hydrogens (tertiary/aromatic N) is 2. The summed E-state index contributed by atoms with van der Waals surface area (Å²) in [7, 11) is 0. The van der Waals surface area contributed by atoms with E-state index in [1.54, 1.807) is 0 Å². The third-order valence-corrected chi connectivity index (χ3v) is 3.16. The maximum Gasteiger partial charge on any atom is 0.105 e. The van der Waals surface area contributed by atoms with Crippen LogP contribution in [0.4, 0.5) is 5.69 Å². The highest BCUT2D eigenvalue weighted by Gasteiger charge is 1.98. The van der Waals surface area contributed by atoms with E-state index in [9.17, 15) is 0 Å². The second kappa shape index (κ2) is 5.16. The minimum Gasteiger partial charge on any atom is -0.382 e. The summed E-state index contributed by atoms with van der Waals surface area (Å²) in [5.41, 5.74) is 1.13. The minimum atomic E-state index is 0.889. The largest absolute Gasteiger partial charge is 0.382 e. The van der Waals surface area contributed by atoms with Gasteiger partial charge in [0.25, 0.3) is 0 Å². The van der Waals surface area contributed by atoms with Gasteiger partial charge in [-0.1, -0.05) is 12.1 Å². The molecule has 0 saturated carbocycles. The number of anilines is 1. The molecule has 3 nitrogen and oxygen atoms in total. The molecule has 0 aliphatic heterocycles. The minimum absolute atomic E-state index is 0.889. The van der Waals surface area contributed by atoms with Crippen LogP contribution < -0.4 is 5.32 Å². The lowest BCUT2D eigenvalue weighted by Gasteiger charge is -2.09. The summed E-state index contributed by atoms with van der Waals surface area (Å²) < 4.78 is 3.22. The van der Waals surface area contributed by atoms with E-state index < -0.39 is 0 Å². The molecule has 1 N–H and O–H groups in total. The van der Waals surface area contributed by atoms with Crippen molar-refractivity contribution in [3.8, 4) is 0 Å². The van der Waals surface area contributed by atoms with E-state index in [-0.39, 0.29) is 0 Å². The summed E-state index contributed by atoms with van der Waals surface area (Å²) in [5.74, 6) is 1.05. The number of imidazole rings is 1. The predicted octanol–water partition coefficient (Wildman–Crippen LogP) is 3.07. The van der Waals surface area contributed by atoms with Crippen LogP contribution in [-0.4, -0.2) is 16.1 Å². The Labute approximate surface area is 104 Å². The Bertz CT molecular complexity index is 465. The molecule has 0 spiro atoms. The first kappa shape index (κ1) is 11.2. The summed E-state index contributed by atoms with van der Waals surface area (Å²) in [4.78, 5) is 4.19. The molecule has 0 radical (unpaired) electrons. The van der Waals surface area contributed by atoms with Crippen LogP contribution in [0.3, 0.4) is 0 Å². The van der Waals surface area contributed by atoms with Crippen LogP contribution in [0, 0.1) is 6.92 Å². The Morgan fingerprint density at radius 3 is 2.88 bits per heavy atom. The van der Waals surface area contributed by atoms with Gasteiger partial charge in [-0.05, 0) is 35.0 Å². The van der Waals surface area contributed by atoms with Crippen molar-refractivity contribution in [1.82, 2.24) is 9.55 Å². The molecule has 2 rings (SSSR count). The van der Waals surface area contributed by atoms with Gasteiger partial charge in [0, 0.05) is 35.6 Å². The summed E-state index contributed by atoms with van der Waals surface area (Å²) in [5, 5.41) is 3.38. The molecule has 2 aromatic rings. The Hall–Kier alpha value is -1.29. The van der Waals surface area contributed by atoms with Crippen LogP contribution >= 0.6 is 15.9 Å². The number of hydrogen-bond acceptors (Lipinski definition) is 2. The number of para-hydroxylation sites is 1. The highest BCUT2D eigenvalue weighted by atomic mass is 79.9. The molecular weight excluding hydrogens is 266 g/mol. The van der Waals surface area contributed by atoms with Gasteiger partial charge in [-0.3, -0.25) is 0 Å². The monoisotopic (exact) mass is 279 g/mol. The Morgan fingerprint density at radius 2 is 2.19 bits per heavy atom. The van der Waals surface area contributed by atoms with Gasteiger partial charge in [0.15, 0.2) is 0 Å². The van der Waals surface area contributed by atoms with Crippen LogP contribution in [0.5, 0.6) is 0 Å². The van der Waals surface area contributed by atoms with Crippen molar-refractivity contribution in [1.29, 1.82) is 0 Å². The Morgan fingerprint density at radius 1 is 1.38 bits per heavy atom. The van der Waals surface area contributed by atoms with Crippen molar-refractivity contribution in [2.24, 2.45) is 0 Å². The maximum atomic E-state index is 4.19. The molecule has 16 heavy (non-hydrogen) atoms. The van der Waals surface area contributed by atoms with E-state index >= 15 is 0 Å². The Balaban J connectivity index is 1.89. The maximum absolute atomic E-state index is 4.19. The highest BCUT2D eigenvalue weighted by molar-refractivity contribution is 9.10. The van der Waals surface area contributed by atoms with Gasteiger partial charge < -0.3 is 9.88 Å². The van der Waals surface area contributed by atoms with E-state index in [1.165, 1.54) is 0 Å². The van der Waals surface area contributed by atoms with Crippen LogP contribution in [0.25, 0.3) is 0 Å². The van der Waals surface area contributed by atoms with Gasteiger partial charge >= 0.3 is 0 Å². The molecule has 0 unspecified atom stereocenters. The first-order valence-electron chi connectivity index (χ1n) is 5.23. The van der Waals surface area contributed by atoms with Crippen molar-refractivity contribution in [3.05, 3.63) is 47.0 Å². The first-order valence-corrected chi connectivity index (χ1v) is 6.03. The molecule has 0 atom stereocenters. The molecule has 1 aromatic heterocycles. The van der Waals surface area contributed by atoms with Crippen LogP contribution in [0.15, 0.2) is 41.1 Å². The average Bonchev–Trinajstić information content (AvgIpc) is 2.67. The van der Waals surface area contributed by atoms with Crippen LogP contribution in [0.2, 0.25) is 0 Å². The van der Waals surface area contributed by atoms with Gasteiger partial charge in [-0.2, -0.15) is 0 Å². The Kier molecular flexibility index (Phi) is 3.62. The summed E-state index contributed by atoms with van der Waals surface area (Å²) in [6, 6.07) is 8.13. The van der Waals surface area contributed by atoms with E-state index in [0.29, 0.717) is 0 Å². The molecule has 0 fully saturated rings. The third-order valence-electron chi connectivity index (χ3n) is 2.47. The van der Waals surface area contributed by atoms with Gasteiger partial charge in [0.2, 0.25) is 0 Å². The zero-order chi connectivity index (χ0) is 11.4. The lowest BCUT2D eigenvalue weighted by Crippen LogP contribution is -2.11. The normalized spacial score (nSPS) is 10.4. The van der Waals surface area contributed by atoms with Gasteiger partial charge in [-0.15, -0.1) is 0 Å². The topological polar surface area (TPSA) is 29.9 Å². The molecule has 0 amide bonds. The van der Waals surface area contributed by atoms with Crippen molar-refractivity contribution in [3.63, 3.8) is 0 Å². The lowest BCUT2D eigenvalue weighted by atomic mass is 10.3. The van der Waals surface area contributed by atoms with Gasteiger partial charge in [-0.25, -0.2) is 4.98 Å². The second-order valence-corrected chi connectivity index (χ2v) is 4.43. The standard InChI is InChI=1S/C12H14BrN3/c1-10-14-6-8-16(10)9-7-15-12-5-3-2-4-11(12)13/h2-6,8,15H,7,9H2,1H3. The molecule has 1 aromatic carbocycles. The number of rotatable bonds is 4. The predicted molar refractivity (Wildman–Crippen MR) is 69.6 cm³/mol. The van der Waals surface area contributed by atoms with Crippen molar-refractivity contribution in [2.75, 3.05) is 11.9 Å². The molecule has 0 saturated heterocycles. The molecule has 0 aliphatic rings. The average molecular weight is 280 g/mol. The summed E-state index contributed by atoms with van der Waals surface area (Å²) in [6.45, 7) is 3.82. The number of aryl methyl sites for hydroxylation is 1. The number of nitrogens with one attached hydrogen (secondary N) is 1. The molecule has 0 bridgehead atoms. The number of hydrogen-bond donors (Lipinski definition) is 1. The summed E-state index contributed by atoms with van der Waals surface area (Å²) >= 11 is 3.51. The third kappa shape index (κ3) is 2.64. The number of aromatic nitrogens is 2. The molecular formula is C12H14BrN3. The highest BCUT2D eigenvalue weighted by Crippen LogP contribution is 2.20. The van der Waals surface area contributed by atoms with Crippen LogP contribution in [0.1, 0.15) is 5.82 Å². The summed E-state index contributed by atoms with van der Waals surface area (Å²) in [6.07, 6.45) is 3.82. The quantitative estimate of drug-likeness (QED) is 0.932. The lowest BCUT2D eigenvalue weighted by molar-refractivity contribution is 0.701. The van der Waals surface area contributed by atoms with Crippen molar-refractivity contribution < 1.29 is 0 Å². The fourth-order valence-corrected chi connectivity index (χ4v) is 1.98. The molecule has 1 heterocycles. The zero-order valence-electron chi connectivity index (χ0n) is 9.15. The zero-order valence-corrected chi connectivity index (χ0v) is 10.7. The van der Waals surface area contributed by atoms with Crippen molar-refractivity contribution >= 4 is 21.6 Å². The van der Waals surface area contributed by atoms with E-state index in [4.69, 9.17) is 0 Å². The molecule has 84 valence electrons. The fraction of sp³-hybridized carbons (Fsp3) is 0.250. The van der Waals surface area contributed by atoms with Crippen LogP contribution in [-0.2, 0) is 6.54 Å². The van der Waals surface area contributed by atoms with E-state index in [2.05, 4.69) is 36.9 Å². The van der Waals surface area contributed by atoms with Gasteiger partial charge in [0.05, 0.1) is 0 Å². The van der Waals surface area contributed by atoms with Gasteiger partial charge in [0.1, 0.15) is 5.82 Å². The smallest absolute Gasteiger partial charge is 0.105 e. The fourth-order valence-electron chi connectivity index (χ4n) is 1.56. The molecule has 0 aliphatic carbocycles. The molecule has 4 heteroatoms. The van der Waals surface area contributed by atoms with Crippen molar-refractivity contribution in [2.45, 2.75) is 13.5 Å². The van der Waals surface area contributed by atoms with E-state index in [0.717, 1.165) is 29.1 Å².